The van der Waals surface area contributed by atoms with E-state index in [1.807, 2.05) is 0 Å². The topological polar surface area (TPSA) is 15.7 Å². The van der Waals surface area contributed by atoms with E-state index in [1.54, 1.807) is 0 Å². The Balaban J connectivity index is 1.07. The molecule has 3 nitrogen and oxygen atoms in total. The summed E-state index contributed by atoms with van der Waals surface area (Å²) in [5.41, 5.74) is 18.5. The Hall–Kier alpha value is -7.62. The first-order valence-corrected chi connectivity index (χ1v) is 20.7. The van der Waals surface area contributed by atoms with E-state index < -0.39 is 0 Å². The molecule has 9 aromatic carbocycles. The van der Waals surface area contributed by atoms with Crippen molar-refractivity contribution in [1.82, 2.24) is 0 Å². The van der Waals surface area contributed by atoms with Gasteiger partial charge in [-0.25, -0.2) is 0 Å². The molecular formula is C57H42N2O. The maximum Gasteiger partial charge on any atom is 0.151 e. The van der Waals surface area contributed by atoms with Gasteiger partial charge in [-0.3, -0.25) is 0 Å². The van der Waals surface area contributed by atoms with Crippen molar-refractivity contribution >= 4 is 34.1 Å². The average Bonchev–Trinajstić information content (AvgIpc) is 3.54. The molecular weight excluding hydrogens is 729 g/mol. The van der Waals surface area contributed by atoms with E-state index in [-0.39, 0.29) is 5.41 Å². The molecule has 286 valence electrons. The maximum absolute atomic E-state index is 6.83. The fourth-order valence-corrected chi connectivity index (χ4v) is 9.26. The monoisotopic (exact) mass is 770 g/mol. The van der Waals surface area contributed by atoms with E-state index in [2.05, 4.69) is 242 Å². The number of rotatable bonds is 7. The molecule has 1 aliphatic carbocycles. The lowest BCUT2D eigenvalue weighted by molar-refractivity contribution is 0.477. The normalized spacial score (nSPS) is 13.1. The zero-order valence-electron chi connectivity index (χ0n) is 33.6. The molecule has 1 aliphatic heterocycles. The van der Waals surface area contributed by atoms with Crippen LogP contribution in [0.2, 0.25) is 0 Å². The first-order valence-electron chi connectivity index (χ1n) is 20.7. The van der Waals surface area contributed by atoms with E-state index in [4.69, 9.17) is 4.74 Å². The van der Waals surface area contributed by atoms with Crippen LogP contribution in [-0.2, 0) is 5.41 Å². The molecule has 0 spiro atoms. The lowest BCUT2D eigenvalue weighted by atomic mass is 9.81. The van der Waals surface area contributed by atoms with Gasteiger partial charge in [0.1, 0.15) is 0 Å². The SMILES string of the molecule is CC1(C)c2ccccc2-c2ccc(-c3ccc4c(c3)N(c3ccccc3)c3cc(N(c5cccc(-c6ccccc6)c5)c5ccccc5-c5ccccc5)ccc3O4)cc21. The number of anilines is 6. The average molecular weight is 771 g/mol. The van der Waals surface area contributed by atoms with E-state index in [0.29, 0.717) is 0 Å². The number of hydrogen-bond acceptors (Lipinski definition) is 3. The minimum absolute atomic E-state index is 0.0870. The zero-order chi connectivity index (χ0) is 40.2. The summed E-state index contributed by atoms with van der Waals surface area (Å²) in [6, 6.07) is 78.4. The van der Waals surface area contributed by atoms with Crippen molar-refractivity contribution in [2.24, 2.45) is 0 Å². The highest BCUT2D eigenvalue weighted by molar-refractivity contribution is 5.94. The Morgan fingerprint density at radius 1 is 0.383 bits per heavy atom. The van der Waals surface area contributed by atoms with Crippen molar-refractivity contribution in [2.45, 2.75) is 19.3 Å². The highest BCUT2D eigenvalue weighted by Crippen LogP contribution is 2.55. The van der Waals surface area contributed by atoms with Crippen molar-refractivity contribution in [3.05, 3.63) is 230 Å². The van der Waals surface area contributed by atoms with Gasteiger partial charge in [0, 0.05) is 28.0 Å². The van der Waals surface area contributed by atoms with Crippen LogP contribution in [0.15, 0.2) is 218 Å². The second-order valence-corrected chi connectivity index (χ2v) is 16.2. The molecule has 9 aromatic rings. The molecule has 0 fully saturated rings. The predicted octanol–water partition coefficient (Wildman–Crippen LogP) is 16.0. The van der Waals surface area contributed by atoms with Crippen LogP contribution < -0.4 is 14.5 Å². The zero-order valence-corrected chi connectivity index (χ0v) is 33.6. The van der Waals surface area contributed by atoms with Crippen molar-refractivity contribution < 1.29 is 4.74 Å². The van der Waals surface area contributed by atoms with Crippen molar-refractivity contribution in [1.29, 1.82) is 0 Å². The molecule has 0 amide bonds. The van der Waals surface area contributed by atoms with Gasteiger partial charge in [-0.2, -0.15) is 0 Å². The van der Waals surface area contributed by atoms with E-state index in [9.17, 15) is 0 Å². The van der Waals surface area contributed by atoms with Crippen LogP contribution in [0.25, 0.3) is 44.5 Å². The second-order valence-electron chi connectivity index (χ2n) is 16.2. The highest BCUT2D eigenvalue weighted by atomic mass is 16.5. The number of hydrogen-bond donors (Lipinski definition) is 0. The lowest BCUT2D eigenvalue weighted by Gasteiger charge is -2.35. The molecule has 0 atom stereocenters. The number of para-hydroxylation sites is 2. The minimum atomic E-state index is -0.0870. The summed E-state index contributed by atoms with van der Waals surface area (Å²) in [4.78, 5) is 4.74. The van der Waals surface area contributed by atoms with Crippen LogP contribution in [-0.4, -0.2) is 0 Å². The maximum atomic E-state index is 6.83. The molecule has 0 saturated carbocycles. The van der Waals surface area contributed by atoms with Gasteiger partial charge < -0.3 is 14.5 Å². The van der Waals surface area contributed by atoms with Crippen molar-refractivity contribution in [3.63, 3.8) is 0 Å². The third kappa shape index (κ3) is 5.98. The third-order valence-electron chi connectivity index (χ3n) is 12.2. The molecule has 11 rings (SSSR count). The minimum Gasteiger partial charge on any atom is -0.453 e. The van der Waals surface area contributed by atoms with E-state index in [0.717, 1.165) is 67.9 Å². The van der Waals surface area contributed by atoms with Crippen LogP contribution in [0.3, 0.4) is 0 Å². The van der Waals surface area contributed by atoms with Gasteiger partial charge >= 0.3 is 0 Å². The molecule has 0 saturated heterocycles. The van der Waals surface area contributed by atoms with Crippen molar-refractivity contribution in [2.75, 3.05) is 9.80 Å². The smallest absolute Gasteiger partial charge is 0.151 e. The number of fused-ring (bicyclic) bond motifs is 5. The Morgan fingerprint density at radius 3 is 1.72 bits per heavy atom. The van der Waals surface area contributed by atoms with E-state index in [1.165, 1.54) is 33.4 Å². The summed E-state index contributed by atoms with van der Waals surface area (Å²) in [6.07, 6.45) is 0. The molecule has 60 heavy (non-hydrogen) atoms. The number of ether oxygens (including phenoxy) is 1. The molecule has 2 aliphatic rings. The lowest BCUT2D eigenvalue weighted by Crippen LogP contribution is -2.17. The molecule has 0 radical (unpaired) electrons. The van der Waals surface area contributed by atoms with E-state index >= 15 is 0 Å². The first kappa shape index (κ1) is 35.5. The summed E-state index contributed by atoms with van der Waals surface area (Å²) in [7, 11) is 0. The Kier molecular flexibility index (Phi) is 8.49. The van der Waals surface area contributed by atoms with Gasteiger partial charge in [-0.1, -0.05) is 166 Å². The predicted molar refractivity (Wildman–Crippen MR) is 250 cm³/mol. The molecule has 0 bridgehead atoms. The fourth-order valence-electron chi connectivity index (χ4n) is 9.26. The Labute approximate surface area is 352 Å². The van der Waals surface area contributed by atoms with Gasteiger partial charge in [0.15, 0.2) is 11.5 Å². The third-order valence-corrected chi connectivity index (χ3v) is 12.2. The largest absolute Gasteiger partial charge is 0.453 e. The van der Waals surface area contributed by atoms with Gasteiger partial charge in [0.05, 0.1) is 17.1 Å². The number of nitrogens with zero attached hydrogens (tertiary/aromatic N) is 2. The molecule has 0 N–H and O–H groups in total. The van der Waals surface area contributed by atoms with Crippen LogP contribution in [0.4, 0.5) is 34.1 Å². The highest BCUT2D eigenvalue weighted by Gasteiger charge is 2.35. The summed E-state index contributed by atoms with van der Waals surface area (Å²) < 4.78 is 6.83. The van der Waals surface area contributed by atoms with Gasteiger partial charge in [0.25, 0.3) is 0 Å². The first-order chi connectivity index (χ1) is 29.5. The number of benzene rings is 9. The molecule has 0 unspecified atom stereocenters. The molecule has 1 heterocycles. The Bertz CT molecular complexity index is 3050. The Morgan fingerprint density at radius 2 is 0.933 bits per heavy atom. The van der Waals surface area contributed by atoms with Crippen LogP contribution in [0, 0.1) is 0 Å². The quantitative estimate of drug-likeness (QED) is 0.161. The van der Waals surface area contributed by atoms with Gasteiger partial charge in [-0.15, -0.1) is 0 Å². The van der Waals surface area contributed by atoms with Crippen molar-refractivity contribution in [3.8, 4) is 56.0 Å². The van der Waals surface area contributed by atoms with Crippen LogP contribution in [0.5, 0.6) is 11.5 Å². The van der Waals surface area contributed by atoms with Gasteiger partial charge in [0.2, 0.25) is 0 Å². The standard InChI is InChI=1S/C57H42N2O/c1-57(2)50-27-14-12-26-48(50)49-32-29-42(36-51(49)57)43-30-33-55-53(37-43)59(44-22-10-5-11-23-44)54-38-46(31-34-56(54)60-55)58(45-24-16-21-41(35-45)39-17-6-3-7-18-39)52-28-15-13-25-47(52)40-19-8-4-9-20-40/h3-38H,1-2H3. The molecule has 3 heteroatoms. The van der Waals surface area contributed by atoms with Crippen LogP contribution in [0.1, 0.15) is 25.0 Å². The summed E-state index contributed by atoms with van der Waals surface area (Å²) >= 11 is 0. The van der Waals surface area contributed by atoms with Crippen LogP contribution >= 0.6 is 0 Å². The summed E-state index contributed by atoms with van der Waals surface area (Å²) in [5, 5.41) is 0. The van der Waals surface area contributed by atoms with Gasteiger partial charge in [-0.05, 0) is 117 Å². The molecule has 0 aromatic heterocycles. The second kappa shape index (κ2) is 14.3. The summed E-state index contributed by atoms with van der Waals surface area (Å²) in [5.74, 6) is 1.62. The summed E-state index contributed by atoms with van der Waals surface area (Å²) in [6.45, 7) is 4.68. The fraction of sp³-hybridized carbons (Fsp3) is 0.0526.